The van der Waals surface area contributed by atoms with Crippen LogP contribution in [0, 0.1) is 0 Å². The lowest BCUT2D eigenvalue weighted by molar-refractivity contribution is -0.0520. The van der Waals surface area contributed by atoms with Crippen LogP contribution >= 0.6 is 0 Å². The lowest BCUT2D eigenvalue weighted by Crippen LogP contribution is -2.58. The molecule has 0 spiro atoms. The van der Waals surface area contributed by atoms with Crippen LogP contribution in [0.2, 0.25) is 48.9 Å². The van der Waals surface area contributed by atoms with E-state index in [0.29, 0.717) is 39.6 Å². The maximum absolute atomic E-state index is 10.2. The number of aliphatic hydroxyl groups is 2. The van der Waals surface area contributed by atoms with E-state index >= 15 is 0 Å². The zero-order chi connectivity index (χ0) is 28.3. The summed E-state index contributed by atoms with van der Waals surface area (Å²) in [6.07, 6.45) is -0.293. The number of ether oxygens (including phenoxy) is 3. The van der Waals surface area contributed by atoms with Crippen molar-refractivity contribution in [1.29, 1.82) is 0 Å². The van der Waals surface area contributed by atoms with Gasteiger partial charge < -0.3 is 32.7 Å². The normalized spacial score (nSPS) is 15.8. The molecule has 0 saturated heterocycles. The van der Waals surface area contributed by atoms with Crippen LogP contribution in [0.5, 0.6) is 0 Å². The van der Waals surface area contributed by atoms with Crippen LogP contribution < -0.4 is 5.32 Å². The van der Waals surface area contributed by atoms with E-state index in [2.05, 4.69) is 79.6 Å². The Morgan fingerprint density at radius 1 is 0.750 bits per heavy atom. The molecule has 0 aromatic rings. The molecule has 8 nitrogen and oxygen atoms in total. The summed E-state index contributed by atoms with van der Waals surface area (Å²) in [6, 6.07) is 0.857. The van der Waals surface area contributed by atoms with Crippen molar-refractivity contribution >= 4 is 25.2 Å². The molecule has 0 aliphatic carbocycles. The SMILES string of the molecule is CC(O)C(NCCOCCOCCO)OCCC[Si](C)(O[Si](C)(C)C(C)(C)C)O[Si](C)(C)C(C)(C)C. The van der Waals surface area contributed by atoms with Crippen LogP contribution in [0.1, 0.15) is 54.9 Å². The van der Waals surface area contributed by atoms with E-state index in [4.69, 9.17) is 27.5 Å². The minimum absolute atomic E-state index is 0.0153. The van der Waals surface area contributed by atoms with Crippen molar-refractivity contribution in [2.45, 2.75) is 116 Å². The van der Waals surface area contributed by atoms with E-state index in [1.807, 2.05) is 0 Å². The maximum Gasteiger partial charge on any atom is 0.314 e. The van der Waals surface area contributed by atoms with Gasteiger partial charge in [0.2, 0.25) is 0 Å². The molecule has 218 valence electrons. The average molecular weight is 570 g/mol. The Balaban J connectivity index is 4.95. The lowest BCUT2D eigenvalue weighted by atomic mass is 10.2. The fraction of sp³-hybridized carbons (Fsp3) is 1.00. The molecule has 3 N–H and O–H groups in total. The molecule has 0 saturated carbocycles. The van der Waals surface area contributed by atoms with Crippen molar-refractivity contribution in [3.63, 3.8) is 0 Å². The van der Waals surface area contributed by atoms with Gasteiger partial charge in [-0.25, -0.2) is 0 Å². The largest absolute Gasteiger partial charge is 0.436 e. The second-order valence-electron chi connectivity index (χ2n) is 12.9. The van der Waals surface area contributed by atoms with Gasteiger partial charge in [-0.3, -0.25) is 5.32 Å². The van der Waals surface area contributed by atoms with Gasteiger partial charge >= 0.3 is 8.56 Å². The van der Waals surface area contributed by atoms with Gasteiger partial charge in [-0.05, 0) is 62.2 Å². The zero-order valence-corrected chi connectivity index (χ0v) is 28.5. The van der Waals surface area contributed by atoms with Gasteiger partial charge in [0, 0.05) is 13.2 Å². The van der Waals surface area contributed by atoms with Crippen molar-refractivity contribution in [1.82, 2.24) is 5.32 Å². The van der Waals surface area contributed by atoms with Crippen molar-refractivity contribution in [3.05, 3.63) is 0 Å². The van der Waals surface area contributed by atoms with Crippen LogP contribution in [-0.4, -0.2) is 93.9 Å². The summed E-state index contributed by atoms with van der Waals surface area (Å²) in [5, 5.41) is 22.3. The number of hydrogen-bond donors (Lipinski definition) is 3. The molecule has 0 amide bonds. The smallest absolute Gasteiger partial charge is 0.314 e. The first-order valence-corrected chi connectivity index (χ1v) is 21.8. The summed E-state index contributed by atoms with van der Waals surface area (Å²) in [6.45, 7) is 29.6. The molecule has 2 unspecified atom stereocenters. The van der Waals surface area contributed by atoms with Crippen LogP contribution in [0.25, 0.3) is 0 Å². The number of rotatable bonds is 19. The van der Waals surface area contributed by atoms with E-state index in [0.717, 1.165) is 12.5 Å². The van der Waals surface area contributed by atoms with E-state index < -0.39 is 37.5 Å². The third-order valence-corrected chi connectivity index (χ3v) is 23.3. The first-order valence-electron chi connectivity index (χ1n) is 13.5. The molecule has 0 aliphatic heterocycles. The zero-order valence-electron chi connectivity index (χ0n) is 25.5. The number of aliphatic hydroxyl groups excluding tert-OH is 2. The van der Waals surface area contributed by atoms with Gasteiger partial charge in [0.1, 0.15) is 6.23 Å². The lowest BCUT2D eigenvalue weighted by Gasteiger charge is -2.48. The molecule has 0 aliphatic rings. The van der Waals surface area contributed by atoms with E-state index in [-0.39, 0.29) is 16.7 Å². The fourth-order valence-electron chi connectivity index (χ4n) is 3.14. The van der Waals surface area contributed by atoms with Crippen molar-refractivity contribution < 1.29 is 32.7 Å². The Bertz CT molecular complexity index is 565. The fourth-order valence-corrected chi connectivity index (χ4v) is 16.4. The summed E-state index contributed by atoms with van der Waals surface area (Å²) >= 11 is 0. The highest BCUT2D eigenvalue weighted by molar-refractivity contribution is 6.89. The Morgan fingerprint density at radius 3 is 1.64 bits per heavy atom. The predicted octanol–water partition coefficient (Wildman–Crippen LogP) is 4.83. The van der Waals surface area contributed by atoms with Crippen molar-refractivity contribution in [2.24, 2.45) is 0 Å². The van der Waals surface area contributed by atoms with Gasteiger partial charge in [0.05, 0.1) is 39.1 Å². The third kappa shape index (κ3) is 13.9. The average Bonchev–Trinajstić information content (AvgIpc) is 2.68. The standard InChI is InChI=1S/C25H59NO7Si3/c1-22(28)23(26-14-17-29-19-20-30-18-15-27)31-16-13-21-36(12,32-34(8,9)24(2,3)4)33-35(10,11)25(5,6)7/h22-23,26-28H,13-21H2,1-12H3. The first-order chi connectivity index (χ1) is 16.3. The van der Waals surface area contributed by atoms with Gasteiger partial charge in [-0.1, -0.05) is 41.5 Å². The highest BCUT2D eigenvalue weighted by Crippen LogP contribution is 2.43. The van der Waals surface area contributed by atoms with Crippen LogP contribution in [0.4, 0.5) is 0 Å². The monoisotopic (exact) mass is 569 g/mol. The summed E-state index contributed by atoms with van der Waals surface area (Å²) in [5.74, 6) is 0. The van der Waals surface area contributed by atoms with E-state index in [1.54, 1.807) is 6.92 Å². The second-order valence-corrected chi connectivity index (χ2v) is 26.3. The Hall–Kier alpha value is 0.331. The first kappa shape index (κ1) is 36.3. The highest BCUT2D eigenvalue weighted by atomic mass is 28.5. The van der Waals surface area contributed by atoms with Crippen LogP contribution in [0.15, 0.2) is 0 Å². The van der Waals surface area contributed by atoms with Crippen molar-refractivity contribution in [3.8, 4) is 0 Å². The summed E-state index contributed by atoms with van der Waals surface area (Å²) in [4.78, 5) is 0. The highest BCUT2D eigenvalue weighted by Gasteiger charge is 2.49. The van der Waals surface area contributed by atoms with E-state index in [1.165, 1.54) is 0 Å². The molecule has 36 heavy (non-hydrogen) atoms. The molecule has 0 radical (unpaired) electrons. The molecule has 0 bridgehead atoms. The molecule has 2 atom stereocenters. The van der Waals surface area contributed by atoms with Crippen LogP contribution in [0.3, 0.4) is 0 Å². The third-order valence-electron chi connectivity index (χ3n) is 7.26. The van der Waals surface area contributed by atoms with Gasteiger partial charge in [0.25, 0.3) is 0 Å². The van der Waals surface area contributed by atoms with Crippen molar-refractivity contribution in [2.75, 3.05) is 46.2 Å². The molecule has 0 aromatic heterocycles. The van der Waals surface area contributed by atoms with Gasteiger partial charge in [-0.2, -0.15) is 0 Å². The minimum Gasteiger partial charge on any atom is -0.436 e. The molecule has 0 heterocycles. The van der Waals surface area contributed by atoms with E-state index in [9.17, 15) is 5.11 Å². The topological polar surface area (TPSA) is 98.6 Å². The minimum atomic E-state index is -2.48. The quantitative estimate of drug-likeness (QED) is 0.116. The molecule has 0 rings (SSSR count). The van der Waals surface area contributed by atoms with Crippen LogP contribution in [-0.2, 0) is 22.4 Å². The maximum atomic E-state index is 10.2. The predicted molar refractivity (Wildman–Crippen MR) is 156 cm³/mol. The molecule has 0 fully saturated rings. The molecular formula is C25H59NO7Si3. The summed E-state index contributed by atoms with van der Waals surface area (Å²) in [7, 11) is -6.49. The Labute approximate surface area is 225 Å². The Morgan fingerprint density at radius 2 is 1.22 bits per heavy atom. The number of hydrogen-bond acceptors (Lipinski definition) is 8. The molecular weight excluding hydrogens is 511 g/mol. The van der Waals surface area contributed by atoms with Gasteiger partial charge in [0.15, 0.2) is 16.6 Å². The molecule has 0 aromatic carbocycles. The van der Waals surface area contributed by atoms with Gasteiger partial charge in [-0.15, -0.1) is 0 Å². The summed E-state index contributed by atoms with van der Waals surface area (Å²) < 4.78 is 30.7. The number of nitrogens with one attached hydrogen (secondary N) is 1. The Kier molecular flexibility index (Phi) is 15.9. The summed E-state index contributed by atoms with van der Waals surface area (Å²) in [5.41, 5.74) is 0. The molecule has 11 heteroatoms. The second kappa shape index (κ2) is 15.8.